The van der Waals surface area contributed by atoms with E-state index in [0.717, 1.165) is 25.2 Å². The molecule has 3 N–H and O–H groups in total. The molecular weight excluding hydrogens is 444 g/mol. The number of carbonyl (C=O) groups excluding carboxylic acids is 3. The largest absolute Gasteiger partial charge is 0.396 e. The molecule has 0 radical (unpaired) electrons. The fourth-order valence-corrected chi connectivity index (χ4v) is 5.53. The first-order chi connectivity index (χ1) is 16.9. The lowest BCUT2D eigenvalue weighted by Gasteiger charge is -2.32. The van der Waals surface area contributed by atoms with Crippen molar-refractivity contribution in [2.75, 3.05) is 43.5 Å². The molecule has 1 aliphatic heterocycles. The van der Waals surface area contributed by atoms with Gasteiger partial charge in [0.15, 0.2) is 0 Å². The summed E-state index contributed by atoms with van der Waals surface area (Å²) in [5, 5.41) is 14.8. The summed E-state index contributed by atoms with van der Waals surface area (Å²) in [6.45, 7) is 8.48. The van der Waals surface area contributed by atoms with Crippen LogP contribution < -0.4 is 15.5 Å². The molecule has 8 nitrogen and oxygen atoms in total. The van der Waals surface area contributed by atoms with E-state index in [9.17, 15) is 14.4 Å². The van der Waals surface area contributed by atoms with E-state index in [1.807, 2.05) is 43.3 Å². The monoisotopic (exact) mass is 484 g/mol. The number of amides is 3. The van der Waals surface area contributed by atoms with Crippen LogP contribution in [0.2, 0.25) is 0 Å². The molecule has 1 aromatic carbocycles. The van der Waals surface area contributed by atoms with Crippen LogP contribution in [0, 0.1) is 23.7 Å². The van der Waals surface area contributed by atoms with E-state index in [0.29, 0.717) is 25.1 Å². The average Bonchev–Trinajstić information content (AvgIpc) is 3.14. The van der Waals surface area contributed by atoms with Gasteiger partial charge in [-0.05, 0) is 63.3 Å². The number of unbranched alkanes of at least 4 members (excludes halogenated alkanes) is 2. The highest BCUT2D eigenvalue weighted by Crippen LogP contribution is 2.44. The highest BCUT2D eigenvalue weighted by atomic mass is 16.3. The normalized spacial score (nSPS) is 25.3. The Labute approximate surface area is 208 Å². The quantitative estimate of drug-likeness (QED) is 0.331. The second-order valence-corrected chi connectivity index (χ2v) is 9.46. The number of nitrogens with zero attached hydrogens (tertiary/aromatic N) is 2. The number of carbonyl (C=O) groups is 3. The first kappa shape index (κ1) is 26.7. The van der Waals surface area contributed by atoms with E-state index >= 15 is 0 Å². The lowest BCUT2D eigenvalue weighted by atomic mass is 9.70. The summed E-state index contributed by atoms with van der Waals surface area (Å²) < 4.78 is 0. The van der Waals surface area contributed by atoms with Crippen molar-refractivity contribution in [2.24, 2.45) is 23.7 Å². The zero-order valence-corrected chi connectivity index (χ0v) is 21.4. The van der Waals surface area contributed by atoms with Crippen LogP contribution >= 0.6 is 0 Å². The summed E-state index contributed by atoms with van der Waals surface area (Å²) in [4.78, 5) is 43.8. The van der Waals surface area contributed by atoms with Crippen molar-refractivity contribution in [3.8, 4) is 0 Å². The number of likely N-dealkylation sites (tertiary alicyclic amines) is 1. The zero-order chi connectivity index (χ0) is 25.5. The molecule has 3 amide bonds. The van der Waals surface area contributed by atoms with Crippen LogP contribution in [0.5, 0.6) is 0 Å². The van der Waals surface area contributed by atoms with E-state index in [1.54, 1.807) is 11.9 Å². The van der Waals surface area contributed by atoms with Crippen molar-refractivity contribution in [1.82, 2.24) is 10.2 Å². The van der Waals surface area contributed by atoms with Crippen LogP contribution in [0.1, 0.15) is 40.0 Å². The Morgan fingerprint density at radius 3 is 2.31 bits per heavy atom. The lowest BCUT2D eigenvalue weighted by Crippen LogP contribution is -2.45. The third-order valence-corrected chi connectivity index (χ3v) is 7.41. The van der Waals surface area contributed by atoms with Gasteiger partial charge in [0, 0.05) is 50.6 Å². The number of allylic oxidation sites excluding steroid dienone is 1. The van der Waals surface area contributed by atoms with Crippen LogP contribution in [0.3, 0.4) is 0 Å². The smallest absolute Gasteiger partial charge is 0.247 e. The Kier molecular flexibility index (Phi) is 9.32. The van der Waals surface area contributed by atoms with Crippen molar-refractivity contribution in [2.45, 2.75) is 46.1 Å². The maximum atomic E-state index is 13.6. The molecule has 35 heavy (non-hydrogen) atoms. The molecule has 8 heteroatoms. The molecule has 1 aromatic rings. The molecule has 5 atom stereocenters. The average molecular weight is 485 g/mol. The van der Waals surface area contributed by atoms with Crippen molar-refractivity contribution >= 4 is 29.1 Å². The Morgan fingerprint density at radius 2 is 1.71 bits per heavy atom. The van der Waals surface area contributed by atoms with Crippen molar-refractivity contribution in [3.05, 3.63) is 36.4 Å². The molecule has 0 saturated carbocycles. The molecular formula is C27H40N4O4. The fourth-order valence-electron chi connectivity index (χ4n) is 5.53. The summed E-state index contributed by atoms with van der Waals surface area (Å²) in [6.07, 6.45) is 6.03. The Hall–Kier alpha value is -2.87. The third-order valence-electron chi connectivity index (χ3n) is 7.41. The van der Waals surface area contributed by atoms with E-state index in [4.69, 9.17) is 5.11 Å². The van der Waals surface area contributed by atoms with Crippen LogP contribution in [0.15, 0.2) is 36.4 Å². The van der Waals surface area contributed by atoms with E-state index in [-0.39, 0.29) is 36.2 Å². The minimum atomic E-state index is -0.681. The lowest BCUT2D eigenvalue weighted by molar-refractivity contribution is -0.140. The Bertz CT molecular complexity index is 912. The zero-order valence-electron chi connectivity index (χ0n) is 21.4. The van der Waals surface area contributed by atoms with Gasteiger partial charge >= 0.3 is 0 Å². The van der Waals surface area contributed by atoms with E-state index < -0.39 is 17.9 Å². The minimum absolute atomic E-state index is 0.0918. The van der Waals surface area contributed by atoms with Crippen LogP contribution in [0.4, 0.5) is 11.4 Å². The molecule has 2 aliphatic rings. The number of fused-ring (bicyclic) bond motifs is 1. The maximum absolute atomic E-state index is 13.6. The standard InChI is InChI=1S/C27H40N4O4/c1-5-30(6-2)20-13-11-19(12-14-20)29-26(34)24-21-15-10-18(3)22(25(33)28-4)23(21)27(35)31(24)16-8-7-9-17-32/h10-15,18,21-24,32H,5-9,16-17H2,1-4H3,(H,28,33)(H,29,34)/t18-,21+,22-,23+,24+/m1/s1. The highest BCUT2D eigenvalue weighted by molar-refractivity contribution is 6.02. The summed E-state index contributed by atoms with van der Waals surface area (Å²) >= 11 is 0. The van der Waals surface area contributed by atoms with Crippen molar-refractivity contribution in [3.63, 3.8) is 0 Å². The second kappa shape index (κ2) is 12.2. The predicted molar refractivity (Wildman–Crippen MR) is 138 cm³/mol. The summed E-state index contributed by atoms with van der Waals surface area (Å²) in [6, 6.07) is 7.07. The van der Waals surface area contributed by atoms with Crippen LogP contribution in [-0.2, 0) is 14.4 Å². The van der Waals surface area contributed by atoms with Crippen molar-refractivity contribution in [1.29, 1.82) is 0 Å². The van der Waals surface area contributed by atoms with Gasteiger partial charge in [-0.2, -0.15) is 0 Å². The van der Waals surface area contributed by atoms with Crippen LogP contribution in [-0.4, -0.2) is 67.1 Å². The summed E-state index contributed by atoms with van der Waals surface area (Å²) in [5.41, 5.74) is 1.77. The summed E-state index contributed by atoms with van der Waals surface area (Å²) in [5.74, 6) is -2.07. The molecule has 1 fully saturated rings. The highest BCUT2D eigenvalue weighted by Gasteiger charge is 2.56. The number of benzene rings is 1. The minimum Gasteiger partial charge on any atom is -0.396 e. The fraction of sp³-hybridized carbons (Fsp3) is 0.593. The number of aliphatic hydroxyl groups excluding tert-OH is 1. The second-order valence-electron chi connectivity index (χ2n) is 9.46. The van der Waals surface area contributed by atoms with Gasteiger partial charge in [-0.1, -0.05) is 19.1 Å². The van der Waals surface area contributed by atoms with Gasteiger partial charge in [0.1, 0.15) is 6.04 Å². The Balaban J connectivity index is 1.85. The molecule has 192 valence electrons. The Morgan fingerprint density at radius 1 is 1.03 bits per heavy atom. The molecule has 1 aliphatic carbocycles. The number of anilines is 2. The van der Waals surface area contributed by atoms with Gasteiger partial charge in [-0.3, -0.25) is 14.4 Å². The number of hydrogen-bond acceptors (Lipinski definition) is 5. The van der Waals surface area contributed by atoms with Gasteiger partial charge in [0.2, 0.25) is 17.7 Å². The maximum Gasteiger partial charge on any atom is 0.247 e. The molecule has 1 heterocycles. The molecule has 0 spiro atoms. The SMILES string of the molecule is CCN(CC)c1ccc(NC(=O)[C@@H]2[C@H]3C=C[C@@H](C)[C@@H](C(=O)NC)[C@H]3C(=O)N2CCCCCO)cc1. The molecule has 1 saturated heterocycles. The van der Waals surface area contributed by atoms with Gasteiger partial charge in [-0.15, -0.1) is 0 Å². The van der Waals surface area contributed by atoms with Gasteiger partial charge in [0.25, 0.3) is 0 Å². The first-order valence-corrected chi connectivity index (χ1v) is 12.8. The molecule has 0 unspecified atom stereocenters. The predicted octanol–water partition coefficient (Wildman–Crippen LogP) is 2.65. The van der Waals surface area contributed by atoms with Crippen LogP contribution in [0.25, 0.3) is 0 Å². The molecule has 3 rings (SSSR count). The number of rotatable bonds is 11. The topological polar surface area (TPSA) is 102 Å². The van der Waals surface area contributed by atoms with E-state index in [2.05, 4.69) is 29.4 Å². The van der Waals surface area contributed by atoms with Gasteiger partial charge in [-0.25, -0.2) is 0 Å². The van der Waals surface area contributed by atoms with Gasteiger partial charge < -0.3 is 25.5 Å². The first-order valence-electron chi connectivity index (χ1n) is 12.8. The number of aliphatic hydroxyl groups is 1. The number of hydrogen-bond donors (Lipinski definition) is 3. The van der Waals surface area contributed by atoms with E-state index in [1.165, 1.54) is 0 Å². The third kappa shape index (κ3) is 5.69. The summed E-state index contributed by atoms with van der Waals surface area (Å²) in [7, 11) is 1.58. The molecule has 0 bridgehead atoms. The number of nitrogens with one attached hydrogen (secondary N) is 2. The molecule has 0 aromatic heterocycles. The van der Waals surface area contributed by atoms with Gasteiger partial charge in [0.05, 0.1) is 11.8 Å². The van der Waals surface area contributed by atoms with Crippen molar-refractivity contribution < 1.29 is 19.5 Å².